The highest BCUT2D eigenvalue weighted by atomic mass is 16.6. The van der Waals surface area contributed by atoms with Crippen molar-refractivity contribution in [3.05, 3.63) is 29.8 Å². The summed E-state index contributed by atoms with van der Waals surface area (Å²) < 4.78 is 5.53. The second kappa shape index (κ2) is 6.18. The van der Waals surface area contributed by atoms with E-state index in [0.29, 0.717) is 19.8 Å². The molecule has 1 aromatic rings. The van der Waals surface area contributed by atoms with Crippen LogP contribution in [0.2, 0.25) is 0 Å². The van der Waals surface area contributed by atoms with Gasteiger partial charge in [0.15, 0.2) is 0 Å². The molecule has 2 atom stereocenters. The topological polar surface area (TPSA) is 61.9 Å². The van der Waals surface area contributed by atoms with Crippen molar-refractivity contribution in [2.75, 3.05) is 24.7 Å². The molecule has 0 aliphatic carbocycles. The third kappa shape index (κ3) is 3.30. The van der Waals surface area contributed by atoms with E-state index in [2.05, 4.69) is 5.32 Å². The number of hydrogen-bond donors (Lipinski definition) is 1. The van der Waals surface area contributed by atoms with Crippen LogP contribution in [0.1, 0.15) is 26.3 Å². The molecule has 2 fully saturated rings. The summed E-state index contributed by atoms with van der Waals surface area (Å²) in [6, 6.07) is 7.10. The van der Waals surface area contributed by atoms with Gasteiger partial charge in [0.05, 0.1) is 6.67 Å². The normalized spacial score (nSPS) is 24.8. The summed E-state index contributed by atoms with van der Waals surface area (Å²) in [6.45, 7) is 9.04. The Balaban J connectivity index is 1.82. The van der Waals surface area contributed by atoms with Crippen molar-refractivity contribution in [2.45, 2.75) is 45.4 Å². The number of anilines is 1. The summed E-state index contributed by atoms with van der Waals surface area (Å²) in [5.41, 5.74) is 1.44. The number of fused-ring (bicyclic) bond motifs is 1. The number of amides is 1. The first-order chi connectivity index (χ1) is 11.3. The number of hydrogen-bond acceptors (Lipinski definition) is 5. The molecular weight excluding hydrogens is 306 g/mol. The van der Waals surface area contributed by atoms with Crippen molar-refractivity contribution in [3.8, 4) is 0 Å². The Bertz CT molecular complexity index is 653. The molecule has 1 aromatic carbocycles. The van der Waals surface area contributed by atoms with Gasteiger partial charge in [-0.1, -0.05) is 12.1 Å². The maximum Gasteiger partial charge on any atom is 0.325 e. The van der Waals surface area contributed by atoms with Crippen LogP contribution >= 0.6 is 0 Å². The van der Waals surface area contributed by atoms with Gasteiger partial charge in [-0.25, -0.2) is 0 Å². The number of benzene rings is 1. The lowest BCUT2D eigenvalue weighted by molar-refractivity contribution is -0.162. The van der Waals surface area contributed by atoms with E-state index < -0.39 is 11.6 Å². The number of carbonyl (C=O) groups excluding carboxylic acids is 2. The highest BCUT2D eigenvalue weighted by Gasteiger charge is 2.47. The average molecular weight is 331 g/mol. The third-order valence-corrected chi connectivity index (χ3v) is 4.32. The molecule has 2 saturated heterocycles. The first-order valence-corrected chi connectivity index (χ1v) is 8.33. The summed E-state index contributed by atoms with van der Waals surface area (Å²) in [4.78, 5) is 29.0. The van der Waals surface area contributed by atoms with Gasteiger partial charge in [0.1, 0.15) is 17.7 Å². The van der Waals surface area contributed by atoms with E-state index in [-0.39, 0.29) is 17.9 Å². The maximum atomic E-state index is 12.8. The Morgan fingerprint density at radius 2 is 2.04 bits per heavy atom. The Morgan fingerprint density at radius 3 is 2.71 bits per heavy atom. The standard InChI is InChI=1S/C18H25N3O3/c1-12-6-5-7-13(8-12)20-11-21-14(16(20)22)9-19-10-15(21)17(23)24-18(2,3)4/h5-8,14-15,19H,9-11H2,1-4H3. The van der Waals surface area contributed by atoms with E-state index in [9.17, 15) is 9.59 Å². The number of nitrogens with zero attached hydrogens (tertiary/aromatic N) is 2. The predicted octanol–water partition coefficient (Wildman–Crippen LogP) is 1.28. The van der Waals surface area contributed by atoms with E-state index in [1.54, 1.807) is 4.90 Å². The zero-order valence-electron chi connectivity index (χ0n) is 14.7. The monoisotopic (exact) mass is 331 g/mol. The minimum atomic E-state index is -0.538. The molecule has 0 aromatic heterocycles. The van der Waals surface area contributed by atoms with Crippen molar-refractivity contribution in [1.29, 1.82) is 0 Å². The molecule has 1 amide bonds. The third-order valence-electron chi connectivity index (χ3n) is 4.32. The van der Waals surface area contributed by atoms with Gasteiger partial charge in [0, 0.05) is 18.8 Å². The van der Waals surface area contributed by atoms with Crippen LogP contribution in [0.5, 0.6) is 0 Å². The SMILES string of the molecule is Cc1cccc(N2CN3C(C(=O)OC(C)(C)C)CNCC3C2=O)c1. The molecule has 6 heteroatoms. The molecule has 1 N–H and O–H groups in total. The lowest BCUT2D eigenvalue weighted by atomic mass is 10.1. The lowest BCUT2D eigenvalue weighted by Gasteiger charge is -2.35. The molecule has 130 valence electrons. The van der Waals surface area contributed by atoms with E-state index >= 15 is 0 Å². The van der Waals surface area contributed by atoms with Gasteiger partial charge in [-0.2, -0.15) is 0 Å². The van der Waals surface area contributed by atoms with Gasteiger partial charge in [0.2, 0.25) is 5.91 Å². The first kappa shape index (κ1) is 16.9. The fourth-order valence-electron chi connectivity index (χ4n) is 3.24. The van der Waals surface area contributed by atoms with Crippen LogP contribution in [0, 0.1) is 6.92 Å². The molecule has 24 heavy (non-hydrogen) atoms. The zero-order chi connectivity index (χ0) is 17.5. The van der Waals surface area contributed by atoms with Crippen molar-refractivity contribution < 1.29 is 14.3 Å². The first-order valence-electron chi connectivity index (χ1n) is 8.33. The minimum Gasteiger partial charge on any atom is -0.459 e. The molecule has 0 radical (unpaired) electrons. The van der Waals surface area contributed by atoms with Gasteiger partial charge in [-0.05, 0) is 45.4 Å². The van der Waals surface area contributed by atoms with Gasteiger partial charge in [-0.3, -0.25) is 19.4 Å². The average Bonchev–Trinajstić information content (AvgIpc) is 2.83. The van der Waals surface area contributed by atoms with E-state index in [1.807, 2.05) is 56.9 Å². The molecule has 2 aliphatic heterocycles. The lowest BCUT2D eigenvalue weighted by Crippen LogP contribution is -2.60. The van der Waals surface area contributed by atoms with Crippen molar-refractivity contribution in [2.24, 2.45) is 0 Å². The highest BCUT2D eigenvalue weighted by Crippen LogP contribution is 2.27. The Kier molecular flexibility index (Phi) is 4.36. The van der Waals surface area contributed by atoms with E-state index in [1.165, 1.54) is 0 Å². The summed E-state index contributed by atoms with van der Waals surface area (Å²) in [5.74, 6) is -0.250. The molecule has 2 heterocycles. The van der Waals surface area contributed by atoms with Crippen molar-refractivity contribution >= 4 is 17.6 Å². The van der Waals surface area contributed by atoms with Gasteiger partial charge in [-0.15, -0.1) is 0 Å². The van der Waals surface area contributed by atoms with E-state index in [0.717, 1.165) is 11.3 Å². The largest absolute Gasteiger partial charge is 0.459 e. The van der Waals surface area contributed by atoms with E-state index in [4.69, 9.17) is 4.74 Å². The number of aryl methyl sites for hydroxylation is 1. The summed E-state index contributed by atoms with van der Waals surface area (Å²) in [5, 5.41) is 3.20. The highest BCUT2D eigenvalue weighted by molar-refractivity contribution is 6.00. The second-order valence-electron chi connectivity index (χ2n) is 7.48. The van der Waals surface area contributed by atoms with Crippen LogP contribution in [0.4, 0.5) is 5.69 Å². The van der Waals surface area contributed by atoms with Crippen LogP contribution in [0.3, 0.4) is 0 Å². The molecule has 3 rings (SSSR count). The Labute approximate surface area is 142 Å². The van der Waals surface area contributed by atoms with Gasteiger partial charge in [0.25, 0.3) is 0 Å². The van der Waals surface area contributed by atoms with Crippen LogP contribution in [-0.2, 0) is 14.3 Å². The smallest absolute Gasteiger partial charge is 0.325 e. The molecule has 2 aliphatic rings. The fourth-order valence-corrected chi connectivity index (χ4v) is 3.24. The summed E-state index contributed by atoms with van der Waals surface area (Å²) in [6.07, 6.45) is 0. The molecule has 0 bridgehead atoms. The maximum absolute atomic E-state index is 12.8. The van der Waals surface area contributed by atoms with Crippen LogP contribution < -0.4 is 10.2 Å². The quantitative estimate of drug-likeness (QED) is 0.827. The number of ether oxygens (including phenoxy) is 1. The number of esters is 1. The Morgan fingerprint density at radius 1 is 1.29 bits per heavy atom. The number of nitrogens with one attached hydrogen (secondary N) is 1. The van der Waals surface area contributed by atoms with Gasteiger partial charge < -0.3 is 10.1 Å². The molecule has 0 spiro atoms. The van der Waals surface area contributed by atoms with Crippen LogP contribution in [-0.4, -0.2) is 54.2 Å². The number of rotatable bonds is 2. The van der Waals surface area contributed by atoms with Crippen LogP contribution in [0.25, 0.3) is 0 Å². The van der Waals surface area contributed by atoms with Crippen molar-refractivity contribution in [3.63, 3.8) is 0 Å². The van der Waals surface area contributed by atoms with Crippen LogP contribution in [0.15, 0.2) is 24.3 Å². The summed E-state index contributed by atoms with van der Waals surface area (Å²) >= 11 is 0. The molecule has 0 saturated carbocycles. The van der Waals surface area contributed by atoms with Gasteiger partial charge >= 0.3 is 5.97 Å². The number of carbonyl (C=O) groups is 2. The Hall–Kier alpha value is -1.92. The molecule has 6 nitrogen and oxygen atoms in total. The molecular formula is C18H25N3O3. The second-order valence-corrected chi connectivity index (χ2v) is 7.48. The minimum absolute atomic E-state index is 0.0290. The van der Waals surface area contributed by atoms with Crippen molar-refractivity contribution in [1.82, 2.24) is 10.2 Å². The zero-order valence-corrected chi connectivity index (χ0v) is 14.7. The predicted molar refractivity (Wildman–Crippen MR) is 91.7 cm³/mol. The summed E-state index contributed by atoms with van der Waals surface area (Å²) in [7, 11) is 0. The fraction of sp³-hybridized carbons (Fsp3) is 0.556. The molecule has 2 unspecified atom stereocenters. The number of piperazine rings is 1.